The molecule has 6 nitrogen and oxygen atoms in total. The highest BCUT2D eigenvalue weighted by Crippen LogP contribution is 2.46. The number of ether oxygens (including phenoxy) is 1. The first-order valence-corrected chi connectivity index (χ1v) is 10.8. The van der Waals surface area contributed by atoms with Crippen LogP contribution in [0.25, 0.3) is 11.3 Å². The zero-order valence-corrected chi connectivity index (χ0v) is 19.1. The fourth-order valence-corrected chi connectivity index (χ4v) is 4.37. The number of hydrogen-bond acceptors (Lipinski definition) is 4. The van der Waals surface area contributed by atoms with Gasteiger partial charge in [-0.25, -0.2) is 0 Å². The number of aromatic nitrogens is 2. The zero-order chi connectivity index (χ0) is 22.3. The number of H-pyrrole nitrogens is 1. The van der Waals surface area contributed by atoms with Crippen LogP contribution in [0.1, 0.15) is 39.6 Å². The number of fused-ring (bicyclic) bond motifs is 1. The van der Waals surface area contributed by atoms with Gasteiger partial charge in [-0.2, -0.15) is 5.10 Å². The number of aromatic hydroxyl groups is 1. The van der Waals surface area contributed by atoms with Crippen LogP contribution in [0.2, 0.25) is 15.1 Å². The van der Waals surface area contributed by atoms with Gasteiger partial charge in [-0.05, 0) is 48.7 Å². The van der Waals surface area contributed by atoms with Crippen molar-refractivity contribution in [3.05, 3.63) is 67.8 Å². The largest absolute Gasteiger partial charge is 0.507 e. The summed E-state index contributed by atoms with van der Waals surface area (Å²) in [6.07, 6.45) is 0.661. The van der Waals surface area contributed by atoms with Crippen molar-refractivity contribution in [2.45, 2.75) is 19.4 Å². The summed E-state index contributed by atoms with van der Waals surface area (Å²) in [5, 5.41) is 19.1. The van der Waals surface area contributed by atoms with E-state index in [9.17, 15) is 9.90 Å². The maximum atomic E-state index is 13.2. The van der Waals surface area contributed by atoms with Gasteiger partial charge in [0.05, 0.1) is 16.1 Å². The normalized spacial score (nSPS) is 15.6. The Labute approximate surface area is 194 Å². The first-order valence-electron chi connectivity index (χ1n) is 9.66. The summed E-state index contributed by atoms with van der Waals surface area (Å²) in [5.74, 6) is -0.145. The number of halogens is 3. The van der Waals surface area contributed by atoms with E-state index in [1.807, 2.05) is 6.07 Å². The van der Waals surface area contributed by atoms with Crippen LogP contribution in [0.15, 0.2) is 30.3 Å². The number of carbonyl (C=O) groups is 1. The van der Waals surface area contributed by atoms with Crippen LogP contribution < -0.4 is 0 Å². The summed E-state index contributed by atoms with van der Waals surface area (Å²) < 4.78 is 5.16. The highest BCUT2D eigenvalue weighted by molar-refractivity contribution is 6.42. The molecule has 1 amide bonds. The number of nitrogens with one attached hydrogen (secondary N) is 1. The maximum Gasteiger partial charge on any atom is 0.273 e. The standard InChI is InChI=1S/C22H20Cl3N3O3/c1-11-8-17(29)13(10-15(11)24)19-18-20(27-26-19)22(30)28(6-3-7-31-2)21(18)12-4-5-14(23)16(25)9-12/h4-5,8-10,21,29H,3,6-7H2,1-2H3,(H,26,27). The van der Waals surface area contributed by atoms with Crippen LogP contribution in [0.3, 0.4) is 0 Å². The van der Waals surface area contributed by atoms with Gasteiger partial charge in [0.2, 0.25) is 0 Å². The predicted octanol–water partition coefficient (Wildman–Crippen LogP) is 5.63. The summed E-state index contributed by atoms with van der Waals surface area (Å²) in [6, 6.07) is 8.08. The van der Waals surface area contributed by atoms with Gasteiger partial charge < -0.3 is 14.7 Å². The number of carbonyl (C=O) groups excluding carboxylic acids is 1. The summed E-state index contributed by atoms with van der Waals surface area (Å²) >= 11 is 18.7. The van der Waals surface area contributed by atoms with Gasteiger partial charge in [-0.3, -0.25) is 9.89 Å². The smallest absolute Gasteiger partial charge is 0.273 e. The van der Waals surface area contributed by atoms with Gasteiger partial charge in [0.25, 0.3) is 5.91 Å². The second kappa shape index (κ2) is 8.71. The minimum atomic E-state index is -0.456. The van der Waals surface area contributed by atoms with Crippen LogP contribution in [-0.4, -0.2) is 46.4 Å². The summed E-state index contributed by atoms with van der Waals surface area (Å²) in [5.41, 5.74) is 3.49. The third-order valence-corrected chi connectivity index (χ3v) is 6.55. The lowest BCUT2D eigenvalue weighted by Gasteiger charge is -2.26. The molecule has 1 aromatic heterocycles. The van der Waals surface area contributed by atoms with E-state index < -0.39 is 6.04 Å². The van der Waals surface area contributed by atoms with Gasteiger partial charge in [-0.15, -0.1) is 0 Å². The van der Waals surface area contributed by atoms with E-state index in [1.54, 1.807) is 43.2 Å². The van der Waals surface area contributed by atoms with E-state index in [-0.39, 0.29) is 11.7 Å². The fourth-order valence-electron chi connectivity index (χ4n) is 3.90. The van der Waals surface area contributed by atoms with Gasteiger partial charge in [0.1, 0.15) is 17.1 Å². The number of nitrogens with zero attached hydrogens (tertiary/aromatic N) is 2. The van der Waals surface area contributed by atoms with Crippen LogP contribution in [0, 0.1) is 6.92 Å². The molecular weight excluding hydrogens is 461 g/mol. The topological polar surface area (TPSA) is 78.5 Å². The van der Waals surface area contributed by atoms with E-state index >= 15 is 0 Å². The van der Waals surface area contributed by atoms with Crippen LogP contribution in [-0.2, 0) is 4.74 Å². The molecule has 1 aliphatic heterocycles. The van der Waals surface area contributed by atoms with E-state index in [1.165, 1.54) is 0 Å². The lowest BCUT2D eigenvalue weighted by atomic mass is 9.95. The van der Waals surface area contributed by atoms with E-state index in [4.69, 9.17) is 39.5 Å². The molecule has 4 rings (SSSR count). The predicted molar refractivity (Wildman–Crippen MR) is 121 cm³/mol. The Morgan fingerprint density at radius 2 is 1.94 bits per heavy atom. The molecule has 2 heterocycles. The van der Waals surface area contributed by atoms with Crippen LogP contribution in [0.5, 0.6) is 5.75 Å². The number of hydrogen-bond donors (Lipinski definition) is 2. The lowest BCUT2D eigenvalue weighted by Crippen LogP contribution is -2.31. The molecule has 0 bridgehead atoms. The number of rotatable bonds is 6. The third kappa shape index (κ3) is 3.89. The molecule has 0 radical (unpaired) electrons. The van der Waals surface area contributed by atoms with E-state index in [0.29, 0.717) is 57.2 Å². The van der Waals surface area contributed by atoms with Crippen molar-refractivity contribution in [2.24, 2.45) is 0 Å². The average molecular weight is 481 g/mol. The molecule has 2 aromatic carbocycles. The Morgan fingerprint density at radius 3 is 2.65 bits per heavy atom. The average Bonchev–Trinajstić information content (AvgIpc) is 3.27. The Balaban J connectivity index is 1.88. The number of benzene rings is 2. The molecule has 0 aliphatic carbocycles. The molecule has 0 spiro atoms. The number of aryl methyl sites for hydroxylation is 1. The third-order valence-electron chi connectivity index (χ3n) is 5.40. The number of phenolic OH excluding ortho intramolecular Hbond substituents is 1. The van der Waals surface area contributed by atoms with E-state index in [0.717, 1.165) is 11.1 Å². The Bertz CT molecular complexity index is 1160. The molecule has 9 heteroatoms. The molecule has 1 aliphatic rings. The molecule has 3 aromatic rings. The molecule has 2 N–H and O–H groups in total. The van der Waals surface area contributed by atoms with Crippen molar-refractivity contribution in [1.29, 1.82) is 0 Å². The highest BCUT2D eigenvalue weighted by Gasteiger charge is 2.42. The minimum absolute atomic E-state index is 0.0365. The zero-order valence-electron chi connectivity index (χ0n) is 16.9. The summed E-state index contributed by atoms with van der Waals surface area (Å²) in [4.78, 5) is 15.0. The first-order chi connectivity index (χ1) is 14.8. The van der Waals surface area contributed by atoms with Crippen molar-refractivity contribution in [3.8, 4) is 17.0 Å². The number of amides is 1. The molecule has 0 fully saturated rings. The monoisotopic (exact) mass is 479 g/mol. The number of phenols is 1. The maximum absolute atomic E-state index is 13.2. The highest BCUT2D eigenvalue weighted by atomic mass is 35.5. The molecule has 1 unspecified atom stereocenters. The van der Waals surface area contributed by atoms with Crippen molar-refractivity contribution < 1.29 is 14.6 Å². The fraction of sp³-hybridized carbons (Fsp3) is 0.273. The van der Waals surface area contributed by atoms with Gasteiger partial charge in [-0.1, -0.05) is 40.9 Å². The molecular formula is C22H20Cl3N3O3. The Hall–Kier alpha value is -2.25. The van der Waals surface area contributed by atoms with Crippen molar-refractivity contribution in [1.82, 2.24) is 15.1 Å². The van der Waals surface area contributed by atoms with Crippen LogP contribution in [0.4, 0.5) is 0 Å². The second-order valence-electron chi connectivity index (χ2n) is 7.40. The SMILES string of the molecule is COCCCN1C(=O)c2[nH]nc(-c3cc(Cl)c(C)cc3O)c2C1c1ccc(Cl)c(Cl)c1. The Morgan fingerprint density at radius 1 is 1.16 bits per heavy atom. The van der Waals surface area contributed by atoms with Crippen molar-refractivity contribution in [3.63, 3.8) is 0 Å². The van der Waals surface area contributed by atoms with Crippen LogP contribution >= 0.6 is 34.8 Å². The van der Waals surface area contributed by atoms with E-state index in [2.05, 4.69) is 10.2 Å². The number of methoxy groups -OCH3 is 1. The Kier molecular flexibility index (Phi) is 6.17. The van der Waals surface area contributed by atoms with Gasteiger partial charge in [0, 0.05) is 36.4 Å². The second-order valence-corrected chi connectivity index (χ2v) is 8.62. The summed E-state index contributed by atoms with van der Waals surface area (Å²) in [7, 11) is 1.62. The molecule has 162 valence electrons. The van der Waals surface area contributed by atoms with Crippen molar-refractivity contribution in [2.75, 3.05) is 20.3 Å². The summed E-state index contributed by atoms with van der Waals surface area (Å²) in [6.45, 7) is 2.80. The van der Waals surface area contributed by atoms with Gasteiger partial charge in [0.15, 0.2) is 0 Å². The molecule has 0 saturated heterocycles. The lowest BCUT2D eigenvalue weighted by molar-refractivity contribution is 0.0723. The minimum Gasteiger partial charge on any atom is -0.507 e. The molecule has 0 saturated carbocycles. The quantitative estimate of drug-likeness (QED) is 0.448. The van der Waals surface area contributed by atoms with Gasteiger partial charge >= 0.3 is 0 Å². The van der Waals surface area contributed by atoms with Crippen molar-refractivity contribution >= 4 is 40.7 Å². The number of aromatic amines is 1. The first kappa shape index (κ1) is 22.0. The molecule has 31 heavy (non-hydrogen) atoms. The molecule has 1 atom stereocenters.